The van der Waals surface area contributed by atoms with Gasteiger partial charge in [-0.05, 0) is 91.6 Å². The number of amides is 3. The van der Waals surface area contributed by atoms with Gasteiger partial charge in [0.15, 0.2) is 23.0 Å². The first-order chi connectivity index (χ1) is 37.2. The largest absolute Gasteiger partial charge is 0.505 e. The smallest absolute Gasteiger partial charge is 0.424 e. The van der Waals surface area contributed by atoms with Gasteiger partial charge in [-0.3, -0.25) is 24.3 Å². The average Bonchev–Trinajstić information content (AvgIpc) is 3.96. The number of nitrogens with one attached hydrogen (secondary N) is 2. The molecule has 0 spiro atoms. The number of phenols is 1. The van der Waals surface area contributed by atoms with E-state index in [4.69, 9.17) is 17.8 Å². The number of benzene rings is 6. The average molecular weight is 1100 g/mol. The molecule has 0 bridgehead atoms. The molecule has 0 aliphatic carbocycles. The highest BCUT2D eigenvalue weighted by molar-refractivity contribution is 7.85. The van der Waals surface area contributed by atoms with Crippen molar-refractivity contribution in [3.63, 3.8) is 0 Å². The number of rotatable bonds is 15. The van der Waals surface area contributed by atoms with E-state index in [1.807, 2.05) is 65.4 Å². The van der Waals surface area contributed by atoms with Crippen molar-refractivity contribution in [1.82, 2.24) is 29.2 Å². The molecule has 2 aromatic heterocycles. The molecule has 2 aliphatic heterocycles. The molecule has 0 atom stereocenters. The molecule has 78 heavy (non-hydrogen) atoms. The van der Waals surface area contributed by atoms with E-state index in [1.54, 1.807) is 68.0 Å². The van der Waals surface area contributed by atoms with E-state index in [0.29, 0.717) is 11.1 Å². The van der Waals surface area contributed by atoms with Gasteiger partial charge in [0.25, 0.3) is 11.8 Å². The summed E-state index contributed by atoms with van der Waals surface area (Å²) >= 11 is 0. The molecule has 0 fully saturated rings. The number of pyridine rings is 2. The minimum atomic E-state index is -4.80. The van der Waals surface area contributed by atoms with Crippen LogP contribution in [0.15, 0.2) is 159 Å². The molecule has 8 aromatic rings. The standard InChI is InChI=1S/C36H32FN3O7S.C20H16FN3O5S/c1-36(2,3)46-35(42)39-48(43,44)47-32-27-15-10-20-38-30(27)33(45-31(24-11-6-4-7-12-24)25-13-8-5-9-14-25)29-28(32)22-40(34(29)41)21-23-16-18-26(37)19-17-23;1-2-23-30(27,28)29-19-14-4-3-9-22-17(14)18(25)16-15(19)11-24(20(16)26)10-12-5-7-13(21)8-6-12/h4-20,31H,21-22H2,1-3H3,(H,39,42);2-9,23,25H,1,10-11H2. The van der Waals surface area contributed by atoms with Crippen molar-refractivity contribution in [2.75, 3.05) is 0 Å². The highest BCUT2D eigenvalue weighted by atomic mass is 32.2. The van der Waals surface area contributed by atoms with E-state index >= 15 is 0 Å². The van der Waals surface area contributed by atoms with Crippen molar-refractivity contribution in [2.45, 2.75) is 58.7 Å². The molecule has 0 unspecified atom stereocenters. The number of fused-ring (bicyclic) bond motifs is 4. The minimum Gasteiger partial charge on any atom is -0.505 e. The van der Waals surface area contributed by atoms with Gasteiger partial charge in [-0.25, -0.2) is 13.6 Å². The summed E-state index contributed by atoms with van der Waals surface area (Å²) in [6.07, 6.45) is 1.94. The fraction of sp³-hybridized carbons (Fsp3) is 0.161. The number of halogens is 2. The molecule has 3 amide bonds. The van der Waals surface area contributed by atoms with E-state index in [9.17, 15) is 45.1 Å². The Morgan fingerprint density at radius 1 is 0.667 bits per heavy atom. The van der Waals surface area contributed by atoms with Crippen molar-refractivity contribution < 1.29 is 62.9 Å². The number of nitrogens with zero attached hydrogens (tertiary/aromatic N) is 4. The summed E-state index contributed by atoms with van der Waals surface area (Å²) in [6.45, 7) is 8.19. The van der Waals surface area contributed by atoms with E-state index < -0.39 is 61.9 Å². The van der Waals surface area contributed by atoms with Gasteiger partial charge in [-0.15, -0.1) is 0 Å². The van der Waals surface area contributed by atoms with Gasteiger partial charge in [-0.1, -0.05) is 91.5 Å². The van der Waals surface area contributed by atoms with Gasteiger partial charge in [-0.2, -0.15) is 21.6 Å². The highest BCUT2D eigenvalue weighted by Gasteiger charge is 2.40. The van der Waals surface area contributed by atoms with E-state index in [1.165, 1.54) is 52.5 Å². The number of carbonyl (C=O) groups excluding carboxylic acids is 3. The van der Waals surface area contributed by atoms with Gasteiger partial charge >= 0.3 is 26.7 Å². The Kier molecular flexibility index (Phi) is 15.0. The van der Waals surface area contributed by atoms with Crippen LogP contribution < -0.4 is 22.5 Å². The molecule has 0 saturated carbocycles. The lowest BCUT2D eigenvalue weighted by Crippen LogP contribution is -2.38. The highest BCUT2D eigenvalue weighted by Crippen LogP contribution is 2.48. The van der Waals surface area contributed by atoms with Crippen LogP contribution in [0.2, 0.25) is 0 Å². The Balaban J connectivity index is 0.000000211. The van der Waals surface area contributed by atoms with Crippen molar-refractivity contribution in [1.29, 1.82) is 0 Å². The third-order valence-electron chi connectivity index (χ3n) is 12.1. The van der Waals surface area contributed by atoms with Crippen LogP contribution in [-0.4, -0.2) is 65.2 Å². The van der Waals surface area contributed by atoms with Crippen molar-refractivity contribution in [3.05, 3.63) is 215 Å². The summed E-state index contributed by atoms with van der Waals surface area (Å²) in [5.41, 5.74) is 2.58. The second-order valence-corrected chi connectivity index (χ2v) is 21.3. The lowest BCUT2D eigenvalue weighted by atomic mass is 9.99. The van der Waals surface area contributed by atoms with Crippen LogP contribution in [0.4, 0.5) is 13.6 Å². The van der Waals surface area contributed by atoms with E-state index in [-0.39, 0.29) is 93.2 Å². The Hall–Kier alpha value is -9.15. The normalized spacial score (nSPS) is 13.2. The Labute approximate surface area is 447 Å². The minimum absolute atomic E-state index is 0.0110. The SMILES string of the molecule is C=CNS(=O)(=O)Oc1c2c(c(O)c3ncccc13)C(=O)N(Cc1ccc(F)cc1)C2.CC(C)(C)OC(=O)NS(=O)(=O)Oc1c2c(c(OC(c3ccccc3)c3ccccc3)c3ncccc13)C(=O)N(Cc1ccc(F)cc1)C2. The van der Waals surface area contributed by atoms with Crippen LogP contribution in [0.1, 0.15) is 81.0 Å². The van der Waals surface area contributed by atoms with Crippen LogP contribution in [0.25, 0.3) is 21.8 Å². The molecule has 22 heteroatoms. The Bertz CT molecular complexity index is 3810. The summed E-state index contributed by atoms with van der Waals surface area (Å²) in [7, 11) is -9.06. The molecule has 400 valence electrons. The van der Waals surface area contributed by atoms with Crippen LogP contribution in [0.5, 0.6) is 23.0 Å². The Morgan fingerprint density at radius 2 is 1.13 bits per heavy atom. The maximum absolute atomic E-state index is 14.3. The number of hydrogen-bond donors (Lipinski definition) is 3. The number of hydrogen-bond acceptors (Lipinski definition) is 14. The first-order valence-corrected chi connectivity index (χ1v) is 26.7. The molecule has 3 N–H and O–H groups in total. The monoisotopic (exact) mass is 1100 g/mol. The first kappa shape index (κ1) is 53.7. The van der Waals surface area contributed by atoms with Crippen molar-refractivity contribution in [2.24, 2.45) is 0 Å². The van der Waals surface area contributed by atoms with Gasteiger partial charge in [0.1, 0.15) is 34.4 Å². The maximum Gasteiger partial charge on any atom is 0.424 e. The van der Waals surface area contributed by atoms with Gasteiger partial charge < -0.3 is 32.7 Å². The first-order valence-electron chi connectivity index (χ1n) is 23.9. The van der Waals surface area contributed by atoms with Gasteiger partial charge in [0.2, 0.25) is 0 Å². The second kappa shape index (κ2) is 21.8. The van der Waals surface area contributed by atoms with Crippen LogP contribution >= 0.6 is 0 Å². The zero-order chi connectivity index (χ0) is 55.5. The molecular formula is C56H48F2N6O12S2. The van der Waals surface area contributed by atoms with Crippen LogP contribution in [0, 0.1) is 11.6 Å². The van der Waals surface area contributed by atoms with Crippen molar-refractivity contribution in [3.8, 4) is 23.0 Å². The zero-order valence-electron chi connectivity index (χ0n) is 41.8. The predicted octanol–water partition coefficient (Wildman–Crippen LogP) is 9.44. The summed E-state index contributed by atoms with van der Waals surface area (Å²) in [4.78, 5) is 51.2. The molecule has 4 heterocycles. The summed E-state index contributed by atoms with van der Waals surface area (Å²) in [5, 5.41) is 11.2. The number of phenolic OH excluding ortho intramolecular Hbond substituents is 1. The number of ether oxygens (including phenoxy) is 2. The van der Waals surface area contributed by atoms with Gasteiger partial charge in [0.05, 0.1) is 24.2 Å². The number of carbonyl (C=O) groups is 3. The molecule has 18 nitrogen and oxygen atoms in total. The third kappa shape index (κ3) is 11.8. The van der Waals surface area contributed by atoms with Crippen LogP contribution in [-0.2, 0) is 51.5 Å². The Morgan fingerprint density at radius 3 is 1.63 bits per heavy atom. The lowest BCUT2D eigenvalue weighted by Gasteiger charge is -2.23. The van der Waals surface area contributed by atoms with E-state index in [0.717, 1.165) is 17.3 Å². The second-order valence-electron chi connectivity index (χ2n) is 18.7. The quantitative estimate of drug-likeness (QED) is 0.0868. The zero-order valence-corrected chi connectivity index (χ0v) is 43.5. The maximum atomic E-state index is 14.3. The fourth-order valence-corrected chi connectivity index (χ4v) is 10.2. The lowest BCUT2D eigenvalue weighted by molar-refractivity contribution is 0.0566. The molecule has 2 aliphatic rings. The molecule has 0 saturated heterocycles. The predicted molar refractivity (Wildman–Crippen MR) is 282 cm³/mol. The molecule has 10 rings (SSSR count). The molecule has 0 radical (unpaired) electrons. The van der Waals surface area contributed by atoms with Crippen molar-refractivity contribution >= 4 is 60.3 Å². The third-order valence-corrected chi connectivity index (χ3v) is 13.7. The number of aromatic hydroxyl groups is 1. The summed E-state index contributed by atoms with van der Waals surface area (Å²) in [5.74, 6) is -2.33. The molecule has 6 aromatic carbocycles. The topological polar surface area (TPSA) is 233 Å². The number of aromatic nitrogens is 2. The molecular weight excluding hydrogens is 1050 g/mol. The fourth-order valence-electron chi connectivity index (χ4n) is 8.87. The van der Waals surface area contributed by atoms with Gasteiger partial charge in [0, 0.05) is 53.6 Å². The summed E-state index contributed by atoms with van der Waals surface area (Å²) < 4.78 is 104. The summed E-state index contributed by atoms with van der Waals surface area (Å²) in [6, 6.07) is 36.6. The van der Waals surface area contributed by atoms with E-state index in [2.05, 4.69) is 16.5 Å². The van der Waals surface area contributed by atoms with Crippen LogP contribution in [0.3, 0.4) is 0 Å².